The van der Waals surface area contributed by atoms with Crippen LogP contribution in [-0.2, 0) is 0 Å². The molecule has 2 rings (SSSR count). The van der Waals surface area contributed by atoms with Gasteiger partial charge in [-0.05, 0) is 38.8 Å². The quantitative estimate of drug-likeness (QED) is 0.663. The molecule has 0 radical (unpaired) electrons. The molecule has 2 heteroatoms. The van der Waals surface area contributed by atoms with Crippen molar-refractivity contribution in [2.24, 2.45) is 11.8 Å². The van der Waals surface area contributed by atoms with E-state index < -0.39 is 0 Å². The monoisotopic (exact) mass is 196 g/mol. The van der Waals surface area contributed by atoms with Crippen LogP contribution in [0, 0.1) is 11.8 Å². The Bertz CT molecular complexity index is 184. The van der Waals surface area contributed by atoms with Crippen LogP contribution >= 0.6 is 0 Å². The van der Waals surface area contributed by atoms with Crippen LogP contribution in [0.1, 0.15) is 26.7 Å². The van der Waals surface area contributed by atoms with E-state index in [0.717, 1.165) is 23.9 Å². The van der Waals surface area contributed by atoms with Crippen LogP contribution < -0.4 is 0 Å². The van der Waals surface area contributed by atoms with Gasteiger partial charge in [0.25, 0.3) is 0 Å². The van der Waals surface area contributed by atoms with Crippen LogP contribution in [0.15, 0.2) is 0 Å². The first-order valence-corrected chi connectivity index (χ1v) is 6.09. The van der Waals surface area contributed by atoms with E-state index in [0.29, 0.717) is 0 Å². The molecule has 2 nitrogen and oxygen atoms in total. The van der Waals surface area contributed by atoms with Crippen LogP contribution in [0.3, 0.4) is 0 Å². The fraction of sp³-hybridized carbons (Fsp3) is 1.00. The zero-order valence-corrected chi connectivity index (χ0v) is 10.0. The van der Waals surface area contributed by atoms with Crippen molar-refractivity contribution in [3.8, 4) is 0 Å². The molecule has 0 aromatic heterocycles. The SMILES string of the molecule is CC[C@@H]1C2CN(C)CC2[C@H](CC)N1C. The van der Waals surface area contributed by atoms with E-state index in [1.807, 2.05) is 0 Å². The maximum Gasteiger partial charge on any atom is 0.0137 e. The summed E-state index contributed by atoms with van der Waals surface area (Å²) in [5, 5.41) is 0. The molecule has 0 aromatic rings. The Hall–Kier alpha value is -0.0800. The zero-order valence-electron chi connectivity index (χ0n) is 10.0. The van der Waals surface area contributed by atoms with E-state index >= 15 is 0 Å². The largest absolute Gasteiger partial charge is 0.306 e. The summed E-state index contributed by atoms with van der Waals surface area (Å²) in [5.41, 5.74) is 0. The maximum atomic E-state index is 2.66. The summed E-state index contributed by atoms with van der Waals surface area (Å²) in [6, 6.07) is 1.68. The Morgan fingerprint density at radius 1 is 0.929 bits per heavy atom. The molecule has 0 amide bonds. The lowest BCUT2D eigenvalue weighted by Gasteiger charge is -2.28. The second-order valence-corrected chi connectivity index (χ2v) is 5.17. The summed E-state index contributed by atoms with van der Waals surface area (Å²) in [7, 11) is 4.61. The molecule has 2 aliphatic rings. The fourth-order valence-corrected chi connectivity index (χ4v) is 3.91. The van der Waals surface area contributed by atoms with Crippen molar-refractivity contribution in [1.82, 2.24) is 9.80 Å². The summed E-state index contributed by atoms with van der Waals surface area (Å²) in [5.74, 6) is 1.89. The first kappa shape index (κ1) is 10.4. The van der Waals surface area contributed by atoms with E-state index in [9.17, 15) is 0 Å². The lowest BCUT2D eigenvalue weighted by molar-refractivity contribution is 0.182. The van der Waals surface area contributed by atoms with Crippen molar-refractivity contribution < 1.29 is 0 Å². The van der Waals surface area contributed by atoms with Crippen molar-refractivity contribution in [3.05, 3.63) is 0 Å². The highest BCUT2D eigenvalue weighted by atomic mass is 15.3. The first-order valence-electron chi connectivity index (χ1n) is 6.09. The van der Waals surface area contributed by atoms with E-state index in [2.05, 4.69) is 37.7 Å². The third-order valence-electron chi connectivity index (χ3n) is 4.47. The molecule has 4 atom stereocenters. The molecule has 2 unspecified atom stereocenters. The first-order chi connectivity index (χ1) is 6.69. The normalized spacial score (nSPS) is 44.6. The molecule has 0 aliphatic carbocycles. The van der Waals surface area contributed by atoms with Crippen molar-refractivity contribution in [3.63, 3.8) is 0 Å². The highest BCUT2D eigenvalue weighted by Gasteiger charge is 2.48. The Kier molecular flexibility index (Phi) is 2.85. The predicted molar refractivity (Wildman–Crippen MR) is 60.4 cm³/mol. The maximum absolute atomic E-state index is 2.66. The molecule has 0 N–H and O–H groups in total. The second kappa shape index (κ2) is 3.82. The zero-order chi connectivity index (χ0) is 10.3. The molecule has 0 bridgehead atoms. The van der Waals surface area contributed by atoms with Gasteiger partial charge in [0.15, 0.2) is 0 Å². The van der Waals surface area contributed by atoms with Gasteiger partial charge in [0.1, 0.15) is 0 Å². The molecule has 0 aromatic carbocycles. The number of hydrogen-bond acceptors (Lipinski definition) is 2. The van der Waals surface area contributed by atoms with Gasteiger partial charge in [-0.3, -0.25) is 4.90 Å². The summed E-state index contributed by atoms with van der Waals surface area (Å²) < 4.78 is 0. The van der Waals surface area contributed by atoms with Crippen molar-refractivity contribution in [2.75, 3.05) is 27.2 Å². The predicted octanol–water partition coefficient (Wildman–Crippen LogP) is 1.67. The molecule has 14 heavy (non-hydrogen) atoms. The standard InChI is InChI=1S/C12H24N2/c1-5-11-9-7-13(3)8-10(9)12(6-2)14(11)4/h9-12H,5-8H2,1-4H3/t9?,10?,11-,12+. The minimum Gasteiger partial charge on any atom is -0.306 e. The number of likely N-dealkylation sites (tertiary alicyclic amines) is 2. The van der Waals surface area contributed by atoms with Crippen LogP contribution in [0.4, 0.5) is 0 Å². The van der Waals surface area contributed by atoms with Gasteiger partial charge < -0.3 is 4.90 Å². The van der Waals surface area contributed by atoms with E-state index in [1.54, 1.807) is 0 Å². The number of hydrogen-bond donors (Lipinski definition) is 0. The lowest BCUT2D eigenvalue weighted by atomic mass is 9.89. The van der Waals surface area contributed by atoms with Gasteiger partial charge in [0, 0.05) is 25.2 Å². The smallest absolute Gasteiger partial charge is 0.0137 e. The van der Waals surface area contributed by atoms with Gasteiger partial charge in [0.05, 0.1) is 0 Å². The van der Waals surface area contributed by atoms with Crippen LogP contribution in [0.25, 0.3) is 0 Å². The Morgan fingerprint density at radius 2 is 1.36 bits per heavy atom. The highest BCUT2D eigenvalue weighted by molar-refractivity contribution is 5.02. The van der Waals surface area contributed by atoms with Gasteiger partial charge in [-0.1, -0.05) is 13.8 Å². The van der Waals surface area contributed by atoms with E-state index in [-0.39, 0.29) is 0 Å². The molecule has 0 saturated carbocycles. The van der Waals surface area contributed by atoms with Gasteiger partial charge in [0.2, 0.25) is 0 Å². The van der Waals surface area contributed by atoms with Crippen LogP contribution in [0.5, 0.6) is 0 Å². The molecule has 0 spiro atoms. The third kappa shape index (κ3) is 1.40. The summed E-state index contributed by atoms with van der Waals surface area (Å²) in [4.78, 5) is 5.18. The lowest BCUT2D eigenvalue weighted by Crippen LogP contribution is -2.37. The minimum absolute atomic E-state index is 0.842. The molecular weight excluding hydrogens is 172 g/mol. The van der Waals surface area contributed by atoms with E-state index in [4.69, 9.17) is 0 Å². The van der Waals surface area contributed by atoms with Crippen molar-refractivity contribution in [2.45, 2.75) is 38.8 Å². The van der Waals surface area contributed by atoms with Gasteiger partial charge in [-0.15, -0.1) is 0 Å². The average Bonchev–Trinajstić information content (AvgIpc) is 2.59. The Balaban J connectivity index is 2.16. The van der Waals surface area contributed by atoms with Gasteiger partial charge in [-0.2, -0.15) is 0 Å². The average molecular weight is 196 g/mol. The van der Waals surface area contributed by atoms with Crippen LogP contribution in [-0.4, -0.2) is 49.1 Å². The highest BCUT2D eigenvalue weighted by Crippen LogP contribution is 2.41. The topological polar surface area (TPSA) is 6.48 Å². The molecule has 2 heterocycles. The van der Waals surface area contributed by atoms with E-state index in [1.165, 1.54) is 25.9 Å². The van der Waals surface area contributed by atoms with Gasteiger partial charge >= 0.3 is 0 Å². The summed E-state index contributed by atoms with van der Waals surface area (Å²) >= 11 is 0. The molecular formula is C12H24N2. The minimum atomic E-state index is 0.842. The molecule has 2 saturated heterocycles. The van der Waals surface area contributed by atoms with Crippen molar-refractivity contribution in [1.29, 1.82) is 0 Å². The van der Waals surface area contributed by atoms with Crippen molar-refractivity contribution >= 4 is 0 Å². The van der Waals surface area contributed by atoms with Gasteiger partial charge in [-0.25, -0.2) is 0 Å². The van der Waals surface area contributed by atoms with Crippen LogP contribution in [0.2, 0.25) is 0 Å². The summed E-state index contributed by atoms with van der Waals surface area (Å²) in [6.07, 6.45) is 2.64. The number of fused-ring (bicyclic) bond motifs is 1. The molecule has 2 fully saturated rings. The molecule has 2 aliphatic heterocycles. The number of nitrogens with zero attached hydrogens (tertiary/aromatic N) is 2. The Morgan fingerprint density at radius 3 is 1.71 bits per heavy atom. The Labute approximate surface area is 88.3 Å². The molecule has 82 valence electrons. The summed E-state index contributed by atoms with van der Waals surface area (Å²) in [6.45, 7) is 7.33. The third-order valence-corrected chi connectivity index (χ3v) is 4.47. The number of rotatable bonds is 2. The fourth-order valence-electron chi connectivity index (χ4n) is 3.91. The second-order valence-electron chi connectivity index (χ2n) is 5.17.